The van der Waals surface area contributed by atoms with E-state index in [4.69, 9.17) is 15.2 Å². The molecule has 0 radical (unpaired) electrons. The Bertz CT molecular complexity index is 1710. The monoisotopic (exact) mass is 1090 g/mol. The third-order valence-electron chi connectivity index (χ3n) is 14.1. The van der Waals surface area contributed by atoms with E-state index in [1.807, 2.05) is 10.9 Å². The van der Waals surface area contributed by atoms with Crippen molar-refractivity contribution in [3.63, 3.8) is 0 Å². The molecular weight excluding hydrogens is 965 g/mol. The first-order valence-electron chi connectivity index (χ1n) is 30.3. The summed E-state index contributed by atoms with van der Waals surface area (Å²) in [7, 11) is 1.60. The highest BCUT2D eigenvalue weighted by Crippen LogP contribution is 2.36. The summed E-state index contributed by atoms with van der Waals surface area (Å²) in [6.45, 7) is 43.8. The summed E-state index contributed by atoms with van der Waals surface area (Å²) < 4.78 is 11.9. The van der Waals surface area contributed by atoms with Crippen LogP contribution in [0.1, 0.15) is 265 Å². The lowest BCUT2D eigenvalue weighted by Crippen LogP contribution is -2.43. The van der Waals surface area contributed by atoms with Gasteiger partial charge in [0.2, 0.25) is 23.6 Å². The SMILES string of the molecule is CC(C)(C)CC1CCC(C(=O)NCc2cn(CC(C)(C)C)nn2)CC1.CC(C)(C)CCCCCC(=O)N[C@@H](CCCCN)C(C)(C)C.COCCOCC(=O)NCCCC[C@H](NC(=O)CCCCCC(C)(C)C)C(C)(C)C. The van der Waals surface area contributed by atoms with Crippen LogP contribution in [0.5, 0.6) is 0 Å². The van der Waals surface area contributed by atoms with Crippen molar-refractivity contribution in [2.24, 2.45) is 50.1 Å². The zero-order valence-electron chi connectivity index (χ0n) is 53.6. The molecule has 0 saturated heterocycles. The molecule has 1 aliphatic carbocycles. The standard InChI is InChI=1S/C24H48N2O4.C20H36N4O.C19H40N2O/c1-23(2,3)15-11-8-9-14-21(27)26-20(24(4,5)6)13-10-12-16-25-22(28)19-30-18-17-29-7;1-19(2,3)11-15-7-9-16(10-8-15)18(25)21-12-17-13-24(23-22-17)14-20(4,5)6;1-18(2,3)14-10-7-8-13-17(22)21-16(19(4,5)6)12-9-11-15-20/h20H,8-19H2,1-7H3,(H,25,28)(H,26,27);13,15-16H,7-12,14H2,1-6H3,(H,21,25);16H,7-15,20H2,1-6H3,(H,21,22)/t20-;;16-/m0.0/s1. The van der Waals surface area contributed by atoms with Crippen molar-refractivity contribution in [3.8, 4) is 0 Å². The van der Waals surface area contributed by atoms with E-state index in [1.165, 1.54) is 44.9 Å². The Balaban J connectivity index is 0.00000114. The number of ether oxygens (including phenoxy) is 2. The van der Waals surface area contributed by atoms with Crippen molar-refractivity contribution >= 4 is 23.6 Å². The molecule has 77 heavy (non-hydrogen) atoms. The molecule has 1 aromatic heterocycles. The van der Waals surface area contributed by atoms with E-state index in [1.54, 1.807) is 7.11 Å². The van der Waals surface area contributed by atoms with Crippen LogP contribution in [0, 0.1) is 44.3 Å². The Morgan fingerprint density at radius 3 is 1.56 bits per heavy atom. The van der Waals surface area contributed by atoms with Gasteiger partial charge in [-0.25, -0.2) is 0 Å². The topological polar surface area (TPSA) is 192 Å². The van der Waals surface area contributed by atoms with Crippen molar-refractivity contribution in [2.45, 2.75) is 285 Å². The normalized spacial score (nSPS) is 16.3. The van der Waals surface area contributed by atoms with E-state index < -0.39 is 0 Å². The van der Waals surface area contributed by atoms with Gasteiger partial charge in [-0.2, -0.15) is 0 Å². The van der Waals surface area contributed by atoms with Gasteiger partial charge < -0.3 is 36.5 Å². The number of amides is 4. The fraction of sp³-hybridized carbons (Fsp3) is 0.905. The van der Waals surface area contributed by atoms with E-state index in [0.29, 0.717) is 55.4 Å². The van der Waals surface area contributed by atoms with Crippen LogP contribution in [-0.4, -0.2) is 90.7 Å². The molecule has 0 aromatic carbocycles. The molecule has 0 unspecified atom stereocenters. The number of hydrogen-bond acceptors (Lipinski definition) is 9. The van der Waals surface area contributed by atoms with E-state index in [2.05, 4.69) is 156 Å². The molecule has 1 fully saturated rings. The van der Waals surface area contributed by atoms with Gasteiger partial charge in [0.1, 0.15) is 12.3 Å². The fourth-order valence-electron chi connectivity index (χ4n) is 9.56. The van der Waals surface area contributed by atoms with Crippen molar-refractivity contribution < 1.29 is 28.7 Å². The highest BCUT2D eigenvalue weighted by atomic mass is 16.5. The summed E-state index contributed by atoms with van der Waals surface area (Å²) in [6, 6.07) is 0.397. The van der Waals surface area contributed by atoms with Gasteiger partial charge in [-0.3, -0.25) is 23.9 Å². The second-order valence-electron chi connectivity index (χ2n) is 29.6. The van der Waals surface area contributed by atoms with Crippen LogP contribution in [0.2, 0.25) is 0 Å². The number of nitrogens with two attached hydrogens (primary N) is 1. The van der Waals surface area contributed by atoms with Crippen molar-refractivity contribution in [1.29, 1.82) is 0 Å². The van der Waals surface area contributed by atoms with Crippen LogP contribution in [0.15, 0.2) is 6.20 Å². The molecule has 14 heteroatoms. The molecule has 1 heterocycles. The number of nitrogens with zero attached hydrogens (tertiary/aromatic N) is 3. The molecule has 0 spiro atoms. The van der Waals surface area contributed by atoms with Crippen LogP contribution in [0.4, 0.5) is 0 Å². The van der Waals surface area contributed by atoms with Gasteiger partial charge in [-0.15, -0.1) is 5.10 Å². The summed E-state index contributed by atoms with van der Waals surface area (Å²) >= 11 is 0. The Morgan fingerprint density at radius 2 is 1.12 bits per heavy atom. The number of carbonyl (C=O) groups excluding carboxylic acids is 4. The molecular formula is C63H124N8O6. The maximum Gasteiger partial charge on any atom is 0.245 e. The third-order valence-corrected chi connectivity index (χ3v) is 14.1. The number of hydrogen-bond donors (Lipinski definition) is 5. The van der Waals surface area contributed by atoms with Gasteiger partial charge in [0.25, 0.3) is 0 Å². The molecule has 1 saturated carbocycles. The Labute approximate surface area is 473 Å². The minimum atomic E-state index is -0.0989. The van der Waals surface area contributed by atoms with E-state index in [0.717, 1.165) is 102 Å². The van der Waals surface area contributed by atoms with E-state index in [9.17, 15) is 19.2 Å². The number of methoxy groups -OCH3 is 1. The van der Waals surface area contributed by atoms with Crippen molar-refractivity contribution in [1.82, 2.24) is 36.3 Å². The van der Waals surface area contributed by atoms with Gasteiger partial charge in [0.05, 0.1) is 26.0 Å². The van der Waals surface area contributed by atoms with Crippen molar-refractivity contribution in [3.05, 3.63) is 11.9 Å². The average molecular weight is 1090 g/mol. The number of unbranched alkanes of at least 4 members (excludes halogenated alkanes) is 6. The third kappa shape index (κ3) is 43.4. The zero-order valence-corrected chi connectivity index (χ0v) is 53.6. The summed E-state index contributed by atoms with van der Waals surface area (Å²) in [4.78, 5) is 48.7. The summed E-state index contributed by atoms with van der Waals surface area (Å²) in [5, 5.41) is 20.7. The van der Waals surface area contributed by atoms with E-state index >= 15 is 0 Å². The Kier molecular flexibility index (Phi) is 36.2. The number of carbonyl (C=O) groups is 4. The first kappa shape index (κ1) is 73.9. The Hall–Kier alpha value is -3.10. The molecule has 0 bridgehead atoms. The maximum absolute atomic E-state index is 12.4. The predicted octanol–water partition coefficient (Wildman–Crippen LogP) is 13.3. The van der Waals surface area contributed by atoms with Gasteiger partial charge in [-0.1, -0.05) is 162 Å². The minimum absolute atomic E-state index is 0.0142. The smallest absolute Gasteiger partial charge is 0.245 e. The van der Waals surface area contributed by atoms with E-state index in [-0.39, 0.29) is 64.5 Å². The number of nitrogens with one attached hydrogen (secondary N) is 4. The van der Waals surface area contributed by atoms with Crippen LogP contribution in [0.25, 0.3) is 0 Å². The summed E-state index contributed by atoms with van der Waals surface area (Å²) in [5.41, 5.74) is 7.85. The molecule has 6 N–H and O–H groups in total. The van der Waals surface area contributed by atoms with Crippen LogP contribution >= 0.6 is 0 Å². The molecule has 14 nitrogen and oxygen atoms in total. The predicted molar refractivity (Wildman–Crippen MR) is 321 cm³/mol. The van der Waals surface area contributed by atoms with Gasteiger partial charge in [0.15, 0.2) is 0 Å². The largest absolute Gasteiger partial charge is 0.382 e. The quantitative estimate of drug-likeness (QED) is 0.0450. The summed E-state index contributed by atoms with van der Waals surface area (Å²) in [6.07, 6.45) is 23.8. The van der Waals surface area contributed by atoms with Gasteiger partial charge in [-0.05, 0) is 135 Å². The first-order valence-corrected chi connectivity index (χ1v) is 30.3. The molecule has 4 amide bonds. The van der Waals surface area contributed by atoms with Crippen molar-refractivity contribution in [2.75, 3.05) is 40.0 Å². The lowest BCUT2D eigenvalue weighted by Gasteiger charge is -2.32. The van der Waals surface area contributed by atoms with Crippen LogP contribution in [0.3, 0.4) is 0 Å². The average Bonchev–Trinajstić information content (AvgIpc) is 3.73. The fourth-order valence-corrected chi connectivity index (χ4v) is 9.56. The molecule has 1 aromatic rings. The van der Waals surface area contributed by atoms with Crippen LogP contribution < -0.4 is 27.0 Å². The van der Waals surface area contributed by atoms with Gasteiger partial charge in [0, 0.05) is 51.0 Å². The first-order chi connectivity index (χ1) is 35.5. The van der Waals surface area contributed by atoms with Crippen LogP contribution in [-0.2, 0) is 41.7 Å². The molecule has 452 valence electrons. The maximum atomic E-state index is 12.4. The molecule has 1 aliphatic rings. The molecule has 0 aliphatic heterocycles. The lowest BCUT2D eigenvalue weighted by atomic mass is 9.74. The molecule has 2 rings (SSSR count). The lowest BCUT2D eigenvalue weighted by molar-refractivity contribution is -0.127. The second kappa shape index (κ2) is 37.8. The second-order valence-corrected chi connectivity index (χ2v) is 29.6. The highest BCUT2D eigenvalue weighted by molar-refractivity contribution is 5.79. The highest BCUT2D eigenvalue weighted by Gasteiger charge is 2.30. The number of aromatic nitrogens is 3. The number of rotatable bonds is 31. The summed E-state index contributed by atoms with van der Waals surface area (Å²) in [5.74, 6) is 1.40. The zero-order chi connectivity index (χ0) is 58.9. The Morgan fingerprint density at radius 1 is 0.610 bits per heavy atom. The van der Waals surface area contributed by atoms with Gasteiger partial charge >= 0.3 is 0 Å². The minimum Gasteiger partial charge on any atom is -0.382 e. The molecule has 2 atom stereocenters.